The number of guanidine groups is 1. The van der Waals surface area contributed by atoms with Crippen molar-refractivity contribution in [1.82, 2.24) is 10.6 Å². The first kappa shape index (κ1) is 23.6. The molecule has 27 heavy (non-hydrogen) atoms. The van der Waals surface area contributed by atoms with E-state index < -0.39 is 0 Å². The molecule has 154 valence electrons. The van der Waals surface area contributed by atoms with Gasteiger partial charge in [-0.25, -0.2) is 4.99 Å². The fourth-order valence-corrected chi connectivity index (χ4v) is 3.13. The molecule has 2 rings (SSSR count). The second-order valence-corrected chi connectivity index (χ2v) is 6.38. The summed E-state index contributed by atoms with van der Waals surface area (Å²) >= 11 is 0. The zero-order valence-corrected chi connectivity index (χ0v) is 18.9. The van der Waals surface area contributed by atoms with E-state index in [1.54, 1.807) is 21.3 Å². The van der Waals surface area contributed by atoms with Crippen molar-refractivity contribution in [1.29, 1.82) is 0 Å². The van der Waals surface area contributed by atoms with Gasteiger partial charge in [-0.3, -0.25) is 0 Å². The predicted molar refractivity (Wildman–Crippen MR) is 118 cm³/mol. The van der Waals surface area contributed by atoms with Gasteiger partial charge in [-0.1, -0.05) is 0 Å². The van der Waals surface area contributed by atoms with Gasteiger partial charge in [0.05, 0.1) is 34.0 Å². The molecule has 7 nitrogen and oxygen atoms in total. The van der Waals surface area contributed by atoms with Crippen molar-refractivity contribution in [2.24, 2.45) is 4.99 Å². The maximum absolute atomic E-state index is 9.65. The molecule has 0 radical (unpaired) electrons. The molecule has 3 N–H and O–H groups in total. The van der Waals surface area contributed by atoms with Crippen molar-refractivity contribution in [2.75, 3.05) is 27.9 Å². The second kappa shape index (κ2) is 12.1. The average Bonchev–Trinajstić information content (AvgIpc) is 2.67. The molecule has 0 amide bonds. The number of aliphatic hydroxyl groups is 1. The summed E-state index contributed by atoms with van der Waals surface area (Å²) < 4.78 is 16.1. The number of ether oxygens (including phenoxy) is 3. The number of hydrogen-bond donors (Lipinski definition) is 3. The Morgan fingerprint density at radius 3 is 2.15 bits per heavy atom. The summed E-state index contributed by atoms with van der Waals surface area (Å²) in [6.45, 7) is 3.32. The van der Waals surface area contributed by atoms with E-state index in [0.29, 0.717) is 29.8 Å². The van der Waals surface area contributed by atoms with Crippen LogP contribution >= 0.6 is 24.0 Å². The Hall–Kier alpha value is -1.42. The highest BCUT2D eigenvalue weighted by Crippen LogP contribution is 2.38. The monoisotopic (exact) mass is 493 g/mol. The van der Waals surface area contributed by atoms with Crippen LogP contribution in [0.1, 0.15) is 38.2 Å². The van der Waals surface area contributed by atoms with Gasteiger partial charge in [0, 0.05) is 12.6 Å². The van der Waals surface area contributed by atoms with Gasteiger partial charge in [-0.15, -0.1) is 24.0 Å². The number of nitrogens with zero attached hydrogens (tertiary/aromatic N) is 1. The minimum Gasteiger partial charge on any atom is -0.493 e. The third-order valence-electron chi connectivity index (χ3n) is 4.53. The lowest BCUT2D eigenvalue weighted by Crippen LogP contribution is -2.45. The van der Waals surface area contributed by atoms with Crippen molar-refractivity contribution in [3.05, 3.63) is 17.7 Å². The van der Waals surface area contributed by atoms with Crippen LogP contribution in [-0.2, 0) is 6.54 Å². The number of nitrogens with one attached hydrogen (secondary N) is 2. The van der Waals surface area contributed by atoms with Crippen LogP contribution in [0.25, 0.3) is 0 Å². The molecule has 1 aliphatic carbocycles. The van der Waals surface area contributed by atoms with Gasteiger partial charge < -0.3 is 30.0 Å². The molecule has 0 heterocycles. The number of benzene rings is 1. The molecular formula is C19H32IN3O4. The van der Waals surface area contributed by atoms with E-state index in [4.69, 9.17) is 14.2 Å². The second-order valence-electron chi connectivity index (χ2n) is 6.38. The van der Waals surface area contributed by atoms with Gasteiger partial charge in [0.25, 0.3) is 0 Å². The van der Waals surface area contributed by atoms with E-state index in [-0.39, 0.29) is 30.1 Å². The average molecular weight is 493 g/mol. The third kappa shape index (κ3) is 6.91. The van der Waals surface area contributed by atoms with Gasteiger partial charge >= 0.3 is 0 Å². The standard InChI is InChI=1S/C19H31N3O4.HI/c1-5-20-19(22-14-6-8-15(23)9-7-14)21-12-13-10-16(24-2)18(26-4)17(11-13)25-3;/h10-11,14-15,23H,5-9,12H2,1-4H3,(H2,20,21,22);1H. The zero-order chi connectivity index (χ0) is 18.9. The molecule has 1 aromatic rings. The predicted octanol–water partition coefficient (Wildman–Crippen LogP) is 2.69. The van der Waals surface area contributed by atoms with Crippen LogP contribution in [0.3, 0.4) is 0 Å². The van der Waals surface area contributed by atoms with E-state index in [1.165, 1.54) is 0 Å². The van der Waals surface area contributed by atoms with E-state index in [1.807, 2.05) is 19.1 Å². The highest BCUT2D eigenvalue weighted by molar-refractivity contribution is 14.0. The Balaban J connectivity index is 0.00000364. The Morgan fingerprint density at radius 1 is 1.07 bits per heavy atom. The van der Waals surface area contributed by atoms with Crippen molar-refractivity contribution in [2.45, 2.75) is 51.3 Å². The quantitative estimate of drug-likeness (QED) is 0.308. The minimum absolute atomic E-state index is 0. The molecule has 1 aromatic carbocycles. The Bertz CT molecular complexity index is 580. The molecule has 0 saturated heterocycles. The molecule has 1 saturated carbocycles. The first-order valence-electron chi connectivity index (χ1n) is 9.13. The minimum atomic E-state index is -0.160. The first-order valence-corrected chi connectivity index (χ1v) is 9.13. The summed E-state index contributed by atoms with van der Waals surface area (Å²) in [5.74, 6) is 2.60. The largest absolute Gasteiger partial charge is 0.493 e. The topological polar surface area (TPSA) is 84.3 Å². The highest BCUT2D eigenvalue weighted by atomic mass is 127. The maximum Gasteiger partial charge on any atom is 0.203 e. The summed E-state index contributed by atoms with van der Waals surface area (Å²) in [4.78, 5) is 4.68. The van der Waals surface area contributed by atoms with Crippen molar-refractivity contribution >= 4 is 29.9 Å². The molecule has 8 heteroatoms. The van der Waals surface area contributed by atoms with E-state index in [0.717, 1.165) is 43.8 Å². The lowest BCUT2D eigenvalue weighted by Gasteiger charge is -2.27. The summed E-state index contributed by atoms with van der Waals surface area (Å²) in [6, 6.07) is 4.16. The fraction of sp³-hybridized carbons (Fsp3) is 0.632. The number of aliphatic hydroxyl groups excluding tert-OH is 1. The normalized spacial score (nSPS) is 19.7. The summed E-state index contributed by atoms with van der Waals surface area (Å²) in [6.07, 6.45) is 3.42. The Kier molecular flexibility index (Phi) is 10.6. The summed E-state index contributed by atoms with van der Waals surface area (Å²) in [5.41, 5.74) is 0.968. The van der Waals surface area contributed by atoms with Crippen LogP contribution in [-0.4, -0.2) is 51.1 Å². The SMILES string of the molecule is CCNC(=NCc1cc(OC)c(OC)c(OC)c1)NC1CCC(O)CC1.I. The Labute approximate surface area is 178 Å². The van der Waals surface area contributed by atoms with Gasteiger partial charge in [-0.05, 0) is 50.3 Å². The van der Waals surface area contributed by atoms with E-state index in [2.05, 4.69) is 15.6 Å². The number of halogens is 1. The number of aliphatic imine (C=N–C) groups is 1. The summed E-state index contributed by atoms with van der Waals surface area (Å²) in [5, 5.41) is 16.4. The lowest BCUT2D eigenvalue weighted by atomic mass is 9.93. The van der Waals surface area contributed by atoms with Crippen LogP contribution in [0, 0.1) is 0 Å². The van der Waals surface area contributed by atoms with Crippen molar-refractivity contribution < 1.29 is 19.3 Å². The lowest BCUT2D eigenvalue weighted by molar-refractivity contribution is 0.120. The van der Waals surface area contributed by atoms with Crippen LogP contribution < -0.4 is 24.8 Å². The van der Waals surface area contributed by atoms with Gasteiger partial charge in [0.2, 0.25) is 5.75 Å². The summed E-state index contributed by atoms with van der Waals surface area (Å²) in [7, 11) is 4.80. The van der Waals surface area contributed by atoms with Crippen molar-refractivity contribution in [3.63, 3.8) is 0 Å². The molecule has 0 spiro atoms. The molecule has 1 fully saturated rings. The zero-order valence-electron chi connectivity index (χ0n) is 16.6. The van der Waals surface area contributed by atoms with E-state index in [9.17, 15) is 5.11 Å². The van der Waals surface area contributed by atoms with E-state index >= 15 is 0 Å². The third-order valence-corrected chi connectivity index (χ3v) is 4.53. The van der Waals surface area contributed by atoms with Gasteiger partial charge in [0.15, 0.2) is 17.5 Å². The van der Waals surface area contributed by atoms with Crippen LogP contribution in [0.2, 0.25) is 0 Å². The molecule has 0 aromatic heterocycles. The molecule has 0 atom stereocenters. The van der Waals surface area contributed by atoms with Crippen molar-refractivity contribution in [3.8, 4) is 17.2 Å². The van der Waals surface area contributed by atoms with Gasteiger partial charge in [-0.2, -0.15) is 0 Å². The smallest absolute Gasteiger partial charge is 0.203 e. The molecular weight excluding hydrogens is 461 g/mol. The molecule has 1 aliphatic rings. The molecule has 0 bridgehead atoms. The number of methoxy groups -OCH3 is 3. The number of hydrogen-bond acceptors (Lipinski definition) is 5. The Morgan fingerprint density at radius 2 is 1.67 bits per heavy atom. The fourth-order valence-electron chi connectivity index (χ4n) is 3.13. The number of rotatable bonds is 7. The highest BCUT2D eigenvalue weighted by Gasteiger charge is 2.20. The van der Waals surface area contributed by atoms with Crippen LogP contribution in [0.4, 0.5) is 0 Å². The van der Waals surface area contributed by atoms with Gasteiger partial charge in [0.1, 0.15) is 0 Å². The van der Waals surface area contributed by atoms with Crippen LogP contribution in [0.5, 0.6) is 17.2 Å². The first-order chi connectivity index (χ1) is 12.6. The maximum atomic E-state index is 9.65. The van der Waals surface area contributed by atoms with Crippen LogP contribution in [0.15, 0.2) is 17.1 Å². The molecule has 0 unspecified atom stereocenters. The molecule has 0 aliphatic heterocycles.